The third-order valence-electron chi connectivity index (χ3n) is 3.84. The molecule has 2 saturated heterocycles. The van der Waals surface area contributed by atoms with Gasteiger partial charge < -0.3 is 18.1 Å². The average molecular weight is 340 g/mol. The van der Waals surface area contributed by atoms with Crippen LogP contribution in [-0.4, -0.2) is 31.3 Å². The number of hydrogen-bond donors (Lipinski definition) is 0. The lowest BCUT2D eigenvalue weighted by Gasteiger charge is -2.45. The van der Waals surface area contributed by atoms with Crippen molar-refractivity contribution >= 4 is 15.2 Å². The van der Waals surface area contributed by atoms with Crippen molar-refractivity contribution in [3.05, 3.63) is 0 Å². The molecule has 21 heavy (non-hydrogen) atoms. The van der Waals surface area contributed by atoms with Crippen LogP contribution in [0.1, 0.15) is 41.5 Å². The SMILES string of the molecule is CC1(C)COP(=O)(C(C)(C)P2(=O)OCC(C)(C)CO2)OC1. The molecule has 6 nitrogen and oxygen atoms in total. The van der Waals surface area contributed by atoms with E-state index in [1.807, 2.05) is 27.7 Å². The molecule has 0 N–H and O–H groups in total. The molecule has 0 spiro atoms. The predicted octanol–water partition coefficient (Wildman–Crippen LogP) is 4.25. The van der Waals surface area contributed by atoms with Crippen molar-refractivity contribution in [1.82, 2.24) is 0 Å². The zero-order chi connectivity index (χ0) is 16.2. The first-order chi connectivity index (χ1) is 9.33. The smallest absolute Gasteiger partial charge is 0.307 e. The molecule has 0 atom stereocenters. The van der Waals surface area contributed by atoms with Crippen molar-refractivity contribution in [2.75, 3.05) is 26.4 Å². The Bertz CT molecular complexity index is 439. The van der Waals surface area contributed by atoms with Gasteiger partial charge in [-0.3, -0.25) is 9.13 Å². The molecule has 0 aromatic rings. The fourth-order valence-corrected chi connectivity index (χ4v) is 7.36. The fourth-order valence-electron chi connectivity index (χ4n) is 1.98. The maximum atomic E-state index is 13.0. The summed E-state index contributed by atoms with van der Waals surface area (Å²) in [4.78, 5) is -1.33. The lowest BCUT2D eigenvalue weighted by atomic mass is 9.97. The summed E-state index contributed by atoms with van der Waals surface area (Å²) in [7, 11) is -7.17. The second-order valence-corrected chi connectivity index (χ2v) is 13.5. The second kappa shape index (κ2) is 5.15. The Morgan fingerprint density at radius 2 is 0.952 bits per heavy atom. The Labute approximate surface area is 126 Å². The van der Waals surface area contributed by atoms with Gasteiger partial charge in [0.05, 0.1) is 26.4 Å². The van der Waals surface area contributed by atoms with E-state index in [1.54, 1.807) is 13.8 Å². The van der Waals surface area contributed by atoms with Gasteiger partial charge in [0.2, 0.25) is 0 Å². The molecule has 0 aromatic carbocycles. The van der Waals surface area contributed by atoms with E-state index in [9.17, 15) is 9.13 Å². The highest BCUT2D eigenvalue weighted by Gasteiger charge is 2.62. The Hall–Kier alpha value is 0.300. The predicted molar refractivity (Wildman–Crippen MR) is 80.7 cm³/mol. The van der Waals surface area contributed by atoms with Gasteiger partial charge in [0, 0.05) is 10.8 Å². The highest BCUT2D eigenvalue weighted by molar-refractivity contribution is 7.74. The second-order valence-electron chi connectivity index (χ2n) is 7.91. The molecule has 0 bridgehead atoms. The van der Waals surface area contributed by atoms with Crippen LogP contribution in [0, 0.1) is 10.8 Å². The van der Waals surface area contributed by atoms with Crippen LogP contribution in [-0.2, 0) is 27.2 Å². The Balaban J connectivity index is 2.22. The van der Waals surface area contributed by atoms with E-state index in [4.69, 9.17) is 18.1 Å². The molecular weight excluding hydrogens is 314 g/mol. The summed E-state index contributed by atoms with van der Waals surface area (Å²) < 4.78 is 48.1. The maximum Gasteiger partial charge on any atom is 0.348 e. The first kappa shape index (κ1) is 17.7. The molecule has 0 aliphatic carbocycles. The van der Waals surface area contributed by atoms with Gasteiger partial charge >= 0.3 is 15.2 Å². The van der Waals surface area contributed by atoms with Crippen molar-refractivity contribution in [3.63, 3.8) is 0 Å². The highest BCUT2D eigenvalue weighted by Crippen LogP contribution is 2.79. The topological polar surface area (TPSA) is 71.1 Å². The molecule has 0 aromatic heterocycles. The molecule has 2 fully saturated rings. The number of hydrogen-bond acceptors (Lipinski definition) is 6. The largest absolute Gasteiger partial charge is 0.348 e. The molecule has 2 aliphatic rings. The van der Waals surface area contributed by atoms with Crippen molar-refractivity contribution in [3.8, 4) is 0 Å². The summed E-state index contributed by atoms with van der Waals surface area (Å²) in [5.74, 6) is 0. The number of rotatable bonds is 2. The Morgan fingerprint density at radius 1 is 0.714 bits per heavy atom. The van der Waals surface area contributed by atoms with Crippen LogP contribution in [0.2, 0.25) is 0 Å². The van der Waals surface area contributed by atoms with Crippen LogP contribution >= 0.6 is 15.2 Å². The molecule has 8 heteroatoms. The van der Waals surface area contributed by atoms with Crippen LogP contribution in [0.4, 0.5) is 0 Å². The fraction of sp³-hybridized carbons (Fsp3) is 1.00. The van der Waals surface area contributed by atoms with Crippen LogP contribution in [0.25, 0.3) is 0 Å². The van der Waals surface area contributed by atoms with Crippen LogP contribution in [0.5, 0.6) is 0 Å². The average Bonchev–Trinajstić information content (AvgIpc) is 2.37. The summed E-state index contributed by atoms with van der Waals surface area (Å²) >= 11 is 0. The quantitative estimate of drug-likeness (QED) is 0.700. The molecular formula is C13H26O6P2. The summed E-state index contributed by atoms with van der Waals surface area (Å²) in [6, 6.07) is 0. The standard InChI is InChI=1S/C13H26O6P2/c1-11(2)7-16-20(14,17-8-11)13(5,6)21(15)18-9-12(3,4)10-19-21/h7-10H2,1-6H3. The van der Waals surface area contributed by atoms with Gasteiger partial charge in [0.1, 0.15) is 0 Å². The first-order valence-corrected chi connectivity index (χ1v) is 10.2. The van der Waals surface area contributed by atoms with Gasteiger partial charge in [-0.2, -0.15) is 0 Å². The summed E-state index contributed by atoms with van der Waals surface area (Å²) in [5.41, 5.74) is -0.427. The Kier molecular flexibility index (Phi) is 4.33. The normalized spacial score (nSPS) is 30.8. The van der Waals surface area contributed by atoms with Crippen molar-refractivity contribution < 1.29 is 27.2 Å². The molecule has 2 heterocycles. The maximum absolute atomic E-state index is 13.0. The monoisotopic (exact) mass is 340 g/mol. The van der Waals surface area contributed by atoms with Crippen molar-refractivity contribution in [2.45, 2.75) is 46.4 Å². The van der Waals surface area contributed by atoms with Gasteiger partial charge in [-0.25, -0.2) is 0 Å². The molecule has 0 amide bonds. The van der Waals surface area contributed by atoms with Gasteiger partial charge in [-0.05, 0) is 13.8 Å². The molecule has 2 rings (SSSR count). The van der Waals surface area contributed by atoms with Crippen molar-refractivity contribution in [2.24, 2.45) is 10.8 Å². The minimum atomic E-state index is -3.59. The summed E-state index contributed by atoms with van der Waals surface area (Å²) in [6.45, 7) is 12.2. The summed E-state index contributed by atoms with van der Waals surface area (Å²) in [6.07, 6.45) is 0. The third kappa shape index (κ3) is 3.17. The van der Waals surface area contributed by atoms with E-state index in [-0.39, 0.29) is 10.8 Å². The molecule has 0 radical (unpaired) electrons. The lowest BCUT2D eigenvalue weighted by Crippen LogP contribution is -2.39. The van der Waals surface area contributed by atoms with E-state index >= 15 is 0 Å². The Morgan fingerprint density at radius 3 is 1.19 bits per heavy atom. The van der Waals surface area contributed by atoms with E-state index in [1.165, 1.54) is 0 Å². The van der Waals surface area contributed by atoms with E-state index in [0.717, 1.165) is 0 Å². The molecule has 2 aliphatic heterocycles. The van der Waals surface area contributed by atoms with E-state index in [0.29, 0.717) is 26.4 Å². The molecule has 124 valence electrons. The third-order valence-corrected chi connectivity index (χ3v) is 9.87. The minimum Gasteiger partial charge on any atom is -0.307 e. The van der Waals surface area contributed by atoms with Gasteiger partial charge in [0.25, 0.3) is 0 Å². The van der Waals surface area contributed by atoms with E-state index < -0.39 is 20.1 Å². The van der Waals surface area contributed by atoms with Crippen LogP contribution < -0.4 is 0 Å². The van der Waals surface area contributed by atoms with Gasteiger partial charge in [-0.15, -0.1) is 0 Å². The van der Waals surface area contributed by atoms with E-state index in [2.05, 4.69) is 0 Å². The molecule has 0 saturated carbocycles. The van der Waals surface area contributed by atoms with Gasteiger partial charge in [-0.1, -0.05) is 27.7 Å². The first-order valence-electron chi connectivity index (χ1n) is 7.11. The zero-order valence-corrected chi connectivity index (χ0v) is 15.5. The van der Waals surface area contributed by atoms with Crippen LogP contribution in [0.15, 0.2) is 0 Å². The highest BCUT2D eigenvalue weighted by atomic mass is 31.2. The van der Waals surface area contributed by atoms with Crippen LogP contribution in [0.3, 0.4) is 0 Å². The lowest BCUT2D eigenvalue weighted by molar-refractivity contribution is 0.0219. The van der Waals surface area contributed by atoms with Crippen molar-refractivity contribution in [1.29, 1.82) is 0 Å². The zero-order valence-electron chi connectivity index (χ0n) is 13.7. The van der Waals surface area contributed by atoms with Gasteiger partial charge in [0.15, 0.2) is 4.90 Å². The minimum absolute atomic E-state index is 0.214. The summed E-state index contributed by atoms with van der Waals surface area (Å²) in [5, 5.41) is 0. The molecule has 0 unspecified atom stereocenters.